The van der Waals surface area contributed by atoms with Crippen LogP contribution in [0.5, 0.6) is 5.75 Å². The molecule has 2 aliphatic rings. The largest absolute Gasteiger partial charge is 0.508 e. The second-order valence-corrected chi connectivity index (χ2v) is 7.45. The number of fused-ring (bicyclic) bond motifs is 2. The van der Waals surface area contributed by atoms with E-state index in [1.54, 1.807) is 41.0 Å². The Morgan fingerprint density at radius 1 is 1.19 bits per heavy atom. The van der Waals surface area contributed by atoms with Crippen molar-refractivity contribution in [3.8, 4) is 5.75 Å². The lowest BCUT2D eigenvalue weighted by Crippen LogP contribution is -2.50. The molecule has 0 fully saturated rings. The Labute approximate surface area is 161 Å². The predicted molar refractivity (Wildman–Crippen MR) is 106 cm³/mol. The third-order valence-corrected chi connectivity index (χ3v) is 5.39. The number of amides is 1. The van der Waals surface area contributed by atoms with Crippen molar-refractivity contribution in [1.29, 1.82) is 0 Å². The zero-order chi connectivity index (χ0) is 18.8. The van der Waals surface area contributed by atoms with Gasteiger partial charge in [-0.2, -0.15) is 0 Å². The molecular formula is C20H20N4O2S. The van der Waals surface area contributed by atoms with Crippen LogP contribution >= 0.6 is 11.8 Å². The number of para-hydroxylation sites is 1. The molecule has 1 atom stereocenters. The Kier molecular flexibility index (Phi) is 4.85. The Hall–Kier alpha value is -2.80. The maximum atomic E-state index is 12.9. The number of thioether (sulfide) groups is 1. The summed E-state index contributed by atoms with van der Waals surface area (Å²) in [5.41, 5.74) is 1.36. The van der Waals surface area contributed by atoms with Gasteiger partial charge in [-0.25, -0.2) is 5.01 Å². The number of nitrogens with one attached hydrogen (secondary N) is 1. The fourth-order valence-corrected chi connectivity index (χ4v) is 4.01. The molecule has 0 spiro atoms. The number of benzene rings is 2. The van der Waals surface area contributed by atoms with Crippen LogP contribution in [0.25, 0.3) is 5.70 Å². The standard InChI is InChI=1S/C20H20N4O2S/c1-2-3-12-27-20-22-19(26)17-15-6-4-5-7-16(15)21-18(24(17)23-20)13-8-10-14(25)11-9-13/h4-11,18,25H,2-3,12H2,1H3,(H,22,23,26). The van der Waals surface area contributed by atoms with Gasteiger partial charge in [0.1, 0.15) is 11.4 Å². The van der Waals surface area contributed by atoms with Crippen LogP contribution in [0.3, 0.4) is 0 Å². The van der Waals surface area contributed by atoms with Gasteiger partial charge >= 0.3 is 0 Å². The number of hydrogen-bond donors (Lipinski definition) is 2. The highest BCUT2D eigenvalue weighted by Gasteiger charge is 2.34. The summed E-state index contributed by atoms with van der Waals surface area (Å²) in [5, 5.41) is 21.0. The van der Waals surface area contributed by atoms with Gasteiger partial charge in [0, 0.05) is 11.0 Å². The number of aromatic hydroxyl groups is 1. The maximum Gasteiger partial charge on any atom is 0.276 e. The Morgan fingerprint density at radius 3 is 2.74 bits per heavy atom. The van der Waals surface area contributed by atoms with E-state index in [0.717, 1.165) is 34.7 Å². The lowest BCUT2D eigenvalue weighted by atomic mass is 10.1. The molecule has 0 bridgehead atoms. The lowest BCUT2D eigenvalue weighted by Gasteiger charge is -2.34. The van der Waals surface area contributed by atoms with Crippen LogP contribution in [-0.4, -0.2) is 26.9 Å². The number of amidine groups is 1. The molecule has 0 aromatic heterocycles. The number of hydrazone groups is 1. The minimum absolute atomic E-state index is 0.171. The number of carbonyl (C=O) groups excluding carboxylic acids is 1. The van der Waals surface area contributed by atoms with E-state index in [1.807, 2.05) is 24.3 Å². The first-order chi connectivity index (χ1) is 13.2. The fraction of sp³-hybridized carbons (Fsp3) is 0.250. The first kappa shape index (κ1) is 17.6. The molecule has 2 aromatic carbocycles. The van der Waals surface area contributed by atoms with E-state index < -0.39 is 6.17 Å². The van der Waals surface area contributed by atoms with E-state index in [0.29, 0.717) is 10.9 Å². The van der Waals surface area contributed by atoms with E-state index >= 15 is 0 Å². The zero-order valence-electron chi connectivity index (χ0n) is 14.9. The maximum absolute atomic E-state index is 12.9. The summed E-state index contributed by atoms with van der Waals surface area (Å²) in [5.74, 6) is 0.918. The van der Waals surface area contributed by atoms with Gasteiger partial charge in [-0.05, 0) is 30.2 Å². The molecule has 138 valence electrons. The number of rotatable bonds is 4. The Balaban J connectivity index is 1.83. The van der Waals surface area contributed by atoms with Crippen molar-refractivity contribution in [2.24, 2.45) is 10.1 Å². The summed E-state index contributed by atoms with van der Waals surface area (Å²) in [6, 6.07) is 14.4. The van der Waals surface area contributed by atoms with Crippen molar-refractivity contribution in [1.82, 2.24) is 10.3 Å². The Bertz CT molecular complexity index is 1020. The number of phenols is 1. The lowest BCUT2D eigenvalue weighted by molar-refractivity contribution is -0.116. The normalized spacial score (nSPS) is 18.2. The van der Waals surface area contributed by atoms with Crippen LogP contribution < -0.4 is 15.9 Å². The summed E-state index contributed by atoms with van der Waals surface area (Å²) >= 11 is 1.54. The summed E-state index contributed by atoms with van der Waals surface area (Å²) in [4.78, 5) is 17.7. The minimum atomic E-state index is -0.455. The SMILES string of the molecule is CCCCSC1=NN2C(=c3ccccc3=NC2c2ccc(O)cc2)C(=O)N1. The van der Waals surface area contributed by atoms with Gasteiger partial charge in [0.2, 0.25) is 0 Å². The molecular weight excluding hydrogens is 360 g/mol. The predicted octanol–water partition coefficient (Wildman–Crippen LogP) is 2.07. The summed E-state index contributed by atoms with van der Waals surface area (Å²) in [6.07, 6.45) is 1.70. The second kappa shape index (κ2) is 7.44. The van der Waals surface area contributed by atoms with Gasteiger partial charge in [-0.3, -0.25) is 15.1 Å². The van der Waals surface area contributed by atoms with Gasteiger partial charge in [-0.15, -0.1) is 5.10 Å². The summed E-state index contributed by atoms with van der Waals surface area (Å²) < 4.78 is 0. The third kappa shape index (κ3) is 3.42. The Morgan fingerprint density at radius 2 is 1.96 bits per heavy atom. The van der Waals surface area contributed by atoms with Crippen molar-refractivity contribution in [3.05, 3.63) is 64.7 Å². The number of nitrogens with zero attached hydrogens (tertiary/aromatic N) is 3. The molecule has 2 heterocycles. The highest BCUT2D eigenvalue weighted by molar-refractivity contribution is 8.13. The van der Waals surface area contributed by atoms with Crippen LogP contribution in [-0.2, 0) is 4.79 Å². The minimum Gasteiger partial charge on any atom is -0.508 e. The number of phenolic OH excluding ortho intramolecular Hbond substituents is 1. The van der Waals surface area contributed by atoms with E-state index in [2.05, 4.69) is 12.2 Å². The van der Waals surface area contributed by atoms with Crippen LogP contribution in [0.1, 0.15) is 31.5 Å². The number of carbonyl (C=O) groups is 1. The first-order valence-corrected chi connectivity index (χ1v) is 9.94. The van der Waals surface area contributed by atoms with Gasteiger partial charge < -0.3 is 5.11 Å². The highest BCUT2D eigenvalue weighted by atomic mass is 32.2. The number of hydrogen-bond acceptors (Lipinski definition) is 6. The summed E-state index contributed by atoms with van der Waals surface area (Å²) in [7, 11) is 0. The van der Waals surface area contributed by atoms with Crippen molar-refractivity contribution < 1.29 is 9.90 Å². The van der Waals surface area contributed by atoms with Crippen LogP contribution in [0.2, 0.25) is 0 Å². The van der Waals surface area contributed by atoms with Crippen LogP contribution in [0.4, 0.5) is 0 Å². The topological polar surface area (TPSA) is 77.3 Å². The van der Waals surface area contributed by atoms with E-state index in [9.17, 15) is 9.90 Å². The molecule has 0 saturated heterocycles. The second-order valence-electron chi connectivity index (χ2n) is 6.37. The third-order valence-electron chi connectivity index (χ3n) is 4.44. The van der Waals surface area contributed by atoms with Crippen molar-refractivity contribution in [3.63, 3.8) is 0 Å². The molecule has 6 nitrogen and oxygen atoms in total. The molecule has 2 aromatic rings. The molecule has 4 rings (SSSR count). The monoisotopic (exact) mass is 380 g/mol. The van der Waals surface area contributed by atoms with Gasteiger partial charge in [0.05, 0.1) is 5.36 Å². The van der Waals surface area contributed by atoms with Gasteiger partial charge in [0.25, 0.3) is 5.91 Å². The average Bonchev–Trinajstić information content (AvgIpc) is 2.68. The van der Waals surface area contributed by atoms with Crippen molar-refractivity contribution in [2.45, 2.75) is 25.9 Å². The molecule has 0 radical (unpaired) electrons. The van der Waals surface area contributed by atoms with E-state index in [-0.39, 0.29) is 11.7 Å². The summed E-state index contributed by atoms with van der Waals surface area (Å²) in [6.45, 7) is 2.13. The molecule has 0 aliphatic carbocycles. The van der Waals surface area contributed by atoms with Gasteiger partial charge in [0.15, 0.2) is 11.3 Å². The molecule has 2 aliphatic heterocycles. The highest BCUT2D eigenvalue weighted by Crippen LogP contribution is 2.31. The molecule has 0 saturated carbocycles. The molecule has 1 unspecified atom stereocenters. The average molecular weight is 380 g/mol. The van der Waals surface area contributed by atoms with E-state index in [1.165, 1.54) is 0 Å². The van der Waals surface area contributed by atoms with Crippen molar-refractivity contribution >= 4 is 28.5 Å². The quantitative estimate of drug-likeness (QED) is 0.796. The van der Waals surface area contributed by atoms with Crippen molar-refractivity contribution in [2.75, 3.05) is 5.75 Å². The molecule has 2 N–H and O–H groups in total. The fourth-order valence-electron chi connectivity index (χ4n) is 3.07. The molecule has 7 heteroatoms. The van der Waals surface area contributed by atoms with Crippen LogP contribution in [0.15, 0.2) is 58.6 Å². The van der Waals surface area contributed by atoms with Crippen LogP contribution in [0, 0.1) is 0 Å². The molecule has 1 amide bonds. The smallest absolute Gasteiger partial charge is 0.276 e. The zero-order valence-corrected chi connectivity index (χ0v) is 15.7. The molecule has 27 heavy (non-hydrogen) atoms. The van der Waals surface area contributed by atoms with Gasteiger partial charge in [-0.1, -0.05) is 55.4 Å². The number of unbranched alkanes of at least 4 members (excludes halogenated alkanes) is 1. The van der Waals surface area contributed by atoms with E-state index in [4.69, 9.17) is 10.1 Å². The first-order valence-electron chi connectivity index (χ1n) is 8.95.